The molecule has 0 aliphatic rings. The van der Waals surface area contributed by atoms with E-state index in [9.17, 15) is 0 Å². The van der Waals surface area contributed by atoms with Crippen LogP contribution in [0.15, 0.2) is 34.9 Å². The first-order chi connectivity index (χ1) is 10.2. The molecule has 114 valence electrons. The summed E-state index contributed by atoms with van der Waals surface area (Å²) in [5, 5.41) is 7.48. The number of nitrogens with zero attached hydrogens (tertiary/aromatic N) is 2. The van der Waals surface area contributed by atoms with Crippen LogP contribution in [-0.4, -0.2) is 29.9 Å². The zero-order valence-corrected chi connectivity index (χ0v) is 12.9. The molecule has 5 nitrogen and oxygen atoms in total. The van der Waals surface area contributed by atoms with Gasteiger partial charge in [0.15, 0.2) is 5.82 Å². The molecule has 0 bridgehead atoms. The third-order valence-electron chi connectivity index (χ3n) is 3.35. The first-order valence-corrected chi connectivity index (χ1v) is 7.30. The fourth-order valence-electron chi connectivity index (χ4n) is 2.17. The largest absolute Gasteiger partial charge is 0.385 e. The molecule has 1 N–H and O–H groups in total. The normalized spacial score (nSPS) is 14.0. The topological polar surface area (TPSA) is 60.2 Å². The molecule has 0 aliphatic carbocycles. The average molecular weight is 289 g/mol. The maximum Gasteiger partial charge on any atom is 0.243 e. The Morgan fingerprint density at radius 2 is 2.00 bits per heavy atom. The number of methoxy groups -OCH3 is 1. The van der Waals surface area contributed by atoms with Crippen molar-refractivity contribution in [2.24, 2.45) is 0 Å². The lowest BCUT2D eigenvalue weighted by Gasteiger charge is -2.16. The molecule has 1 aromatic carbocycles. The number of rotatable bonds is 8. The van der Waals surface area contributed by atoms with Crippen LogP contribution in [0.2, 0.25) is 0 Å². The molecule has 1 heterocycles. The third-order valence-corrected chi connectivity index (χ3v) is 3.35. The summed E-state index contributed by atoms with van der Waals surface area (Å²) in [4.78, 5) is 4.47. The molecule has 2 unspecified atom stereocenters. The van der Waals surface area contributed by atoms with Gasteiger partial charge >= 0.3 is 0 Å². The van der Waals surface area contributed by atoms with E-state index in [0.717, 1.165) is 18.9 Å². The quantitative estimate of drug-likeness (QED) is 0.809. The van der Waals surface area contributed by atoms with E-state index in [4.69, 9.17) is 9.26 Å². The van der Waals surface area contributed by atoms with Crippen molar-refractivity contribution in [3.05, 3.63) is 47.6 Å². The van der Waals surface area contributed by atoms with Gasteiger partial charge in [0.1, 0.15) is 0 Å². The van der Waals surface area contributed by atoms with E-state index in [1.54, 1.807) is 7.11 Å². The molecule has 0 radical (unpaired) electrons. The van der Waals surface area contributed by atoms with Gasteiger partial charge in [-0.1, -0.05) is 35.5 Å². The fourth-order valence-corrected chi connectivity index (χ4v) is 2.17. The van der Waals surface area contributed by atoms with E-state index in [2.05, 4.69) is 34.5 Å². The van der Waals surface area contributed by atoms with Gasteiger partial charge in [-0.3, -0.25) is 0 Å². The molecule has 0 fully saturated rings. The molecule has 0 saturated heterocycles. The minimum Gasteiger partial charge on any atom is -0.385 e. The summed E-state index contributed by atoms with van der Waals surface area (Å²) in [7, 11) is 1.71. The highest BCUT2D eigenvalue weighted by atomic mass is 16.5. The summed E-state index contributed by atoms with van der Waals surface area (Å²) in [5.41, 5.74) is 1.18. The highest BCUT2D eigenvalue weighted by Gasteiger charge is 2.16. The molecular weight excluding hydrogens is 266 g/mol. The van der Waals surface area contributed by atoms with Crippen LogP contribution in [-0.2, 0) is 11.2 Å². The van der Waals surface area contributed by atoms with Gasteiger partial charge in [0.05, 0.1) is 6.04 Å². The summed E-state index contributed by atoms with van der Waals surface area (Å²) >= 11 is 0. The summed E-state index contributed by atoms with van der Waals surface area (Å²) in [5.74, 6) is 1.35. The Morgan fingerprint density at radius 3 is 2.71 bits per heavy atom. The van der Waals surface area contributed by atoms with Gasteiger partial charge in [-0.15, -0.1) is 0 Å². The van der Waals surface area contributed by atoms with E-state index >= 15 is 0 Å². The lowest BCUT2D eigenvalue weighted by molar-refractivity contribution is 0.181. The van der Waals surface area contributed by atoms with Crippen LogP contribution in [0.25, 0.3) is 0 Å². The third kappa shape index (κ3) is 4.95. The van der Waals surface area contributed by atoms with Crippen LogP contribution in [0.3, 0.4) is 0 Å². The van der Waals surface area contributed by atoms with Gasteiger partial charge in [-0.2, -0.15) is 4.98 Å². The van der Waals surface area contributed by atoms with E-state index < -0.39 is 0 Å². The number of hydrogen-bond donors (Lipinski definition) is 1. The molecule has 0 aliphatic heterocycles. The van der Waals surface area contributed by atoms with Gasteiger partial charge in [0.25, 0.3) is 0 Å². The maximum absolute atomic E-state index is 5.35. The zero-order chi connectivity index (χ0) is 15.1. The van der Waals surface area contributed by atoms with Crippen molar-refractivity contribution in [3.8, 4) is 0 Å². The Labute approximate surface area is 125 Å². The number of hydrogen-bond acceptors (Lipinski definition) is 5. The van der Waals surface area contributed by atoms with Crippen LogP contribution in [0.1, 0.15) is 43.6 Å². The smallest absolute Gasteiger partial charge is 0.243 e. The standard InChI is InChI=1S/C16H23N3O2/c1-12(9-10-20-3)17-13(2)16-18-15(19-21-16)11-14-7-5-4-6-8-14/h4-8,12-13,17H,9-11H2,1-3H3. The van der Waals surface area contributed by atoms with Crippen LogP contribution in [0, 0.1) is 0 Å². The second kappa shape index (κ2) is 7.90. The predicted molar refractivity (Wildman–Crippen MR) is 81.1 cm³/mol. The van der Waals surface area contributed by atoms with E-state index in [1.165, 1.54) is 5.56 Å². The van der Waals surface area contributed by atoms with Gasteiger partial charge in [0, 0.05) is 26.2 Å². The Bertz CT molecular complexity index is 527. The van der Waals surface area contributed by atoms with Gasteiger partial charge < -0.3 is 14.6 Å². The zero-order valence-electron chi connectivity index (χ0n) is 12.9. The predicted octanol–water partition coefficient (Wildman–Crippen LogP) is 2.74. The average Bonchev–Trinajstić information content (AvgIpc) is 2.95. The minimum absolute atomic E-state index is 0.0360. The van der Waals surface area contributed by atoms with Gasteiger partial charge in [0.2, 0.25) is 5.89 Å². The highest BCUT2D eigenvalue weighted by molar-refractivity contribution is 5.18. The van der Waals surface area contributed by atoms with Gasteiger partial charge in [-0.25, -0.2) is 0 Å². The molecule has 0 spiro atoms. The van der Waals surface area contributed by atoms with Crippen molar-refractivity contribution >= 4 is 0 Å². The van der Waals surface area contributed by atoms with E-state index in [-0.39, 0.29) is 6.04 Å². The lowest BCUT2D eigenvalue weighted by atomic mass is 10.1. The monoisotopic (exact) mass is 289 g/mol. The summed E-state index contributed by atoms with van der Waals surface area (Å²) in [6, 6.07) is 10.5. The molecule has 0 amide bonds. The van der Waals surface area contributed by atoms with Crippen LogP contribution in [0.4, 0.5) is 0 Å². The molecule has 5 heteroatoms. The summed E-state index contributed by atoms with van der Waals surface area (Å²) in [6.07, 6.45) is 1.64. The molecule has 2 aromatic rings. The number of aromatic nitrogens is 2. The minimum atomic E-state index is 0.0360. The molecule has 2 atom stereocenters. The maximum atomic E-state index is 5.35. The van der Waals surface area contributed by atoms with Crippen LogP contribution in [0.5, 0.6) is 0 Å². The Kier molecular flexibility index (Phi) is 5.90. The Balaban J connectivity index is 1.90. The molecule has 2 rings (SSSR count). The summed E-state index contributed by atoms with van der Waals surface area (Å²) in [6.45, 7) is 4.89. The van der Waals surface area contributed by atoms with Crippen molar-refractivity contribution in [1.82, 2.24) is 15.5 Å². The van der Waals surface area contributed by atoms with Crippen LogP contribution < -0.4 is 5.32 Å². The molecular formula is C16H23N3O2. The molecule has 0 saturated carbocycles. The number of nitrogens with one attached hydrogen (secondary N) is 1. The van der Waals surface area contributed by atoms with Crippen molar-refractivity contribution in [1.29, 1.82) is 0 Å². The second-order valence-corrected chi connectivity index (χ2v) is 5.28. The number of benzene rings is 1. The molecule has 21 heavy (non-hydrogen) atoms. The number of ether oxygens (including phenoxy) is 1. The first-order valence-electron chi connectivity index (χ1n) is 7.30. The Morgan fingerprint density at radius 1 is 1.24 bits per heavy atom. The van der Waals surface area contributed by atoms with Crippen molar-refractivity contribution < 1.29 is 9.26 Å². The Hall–Kier alpha value is -1.72. The van der Waals surface area contributed by atoms with Crippen molar-refractivity contribution in [3.63, 3.8) is 0 Å². The van der Waals surface area contributed by atoms with Crippen molar-refractivity contribution in [2.45, 2.75) is 38.8 Å². The van der Waals surface area contributed by atoms with E-state index in [0.29, 0.717) is 18.4 Å². The summed E-state index contributed by atoms with van der Waals surface area (Å²) < 4.78 is 10.4. The highest BCUT2D eigenvalue weighted by Crippen LogP contribution is 2.13. The van der Waals surface area contributed by atoms with Crippen molar-refractivity contribution in [2.75, 3.05) is 13.7 Å². The fraction of sp³-hybridized carbons (Fsp3) is 0.500. The van der Waals surface area contributed by atoms with Crippen LogP contribution >= 0.6 is 0 Å². The second-order valence-electron chi connectivity index (χ2n) is 5.28. The SMILES string of the molecule is COCCC(C)NC(C)c1nc(Cc2ccccc2)no1. The van der Waals surface area contributed by atoms with Gasteiger partial charge in [-0.05, 0) is 25.8 Å². The lowest BCUT2D eigenvalue weighted by Crippen LogP contribution is -2.30. The van der Waals surface area contributed by atoms with E-state index in [1.807, 2.05) is 25.1 Å². The first kappa shape index (κ1) is 15.7. The molecule has 1 aromatic heterocycles.